The first-order valence-corrected chi connectivity index (χ1v) is 5.57. The Morgan fingerprint density at radius 1 is 1.33 bits per heavy atom. The van der Waals surface area contributed by atoms with Crippen LogP contribution in [-0.4, -0.2) is 20.3 Å². The van der Waals surface area contributed by atoms with Gasteiger partial charge >= 0.3 is 0 Å². The van der Waals surface area contributed by atoms with Crippen molar-refractivity contribution in [3.05, 3.63) is 28.2 Å². The van der Waals surface area contributed by atoms with Crippen LogP contribution in [0.25, 0.3) is 0 Å². The zero-order valence-corrected chi connectivity index (χ0v) is 10.3. The third-order valence-electron chi connectivity index (χ3n) is 2.51. The molecule has 1 saturated heterocycles. The first-order chi connectivity index (χ1) is 7.15. The van der Waals surface area contributed by atoms with Gasteiger partial charge < -0.3 is 14.2 Å². The Morgan fingerprint density at radius 3 is 2.53 bits per heavy atom. The number of ether oxygens (including phenoxy) is 3. The van der Waals surface area contributed by atoms with E-state index in [1.807, 2.05) is 25.1 Å². The molecule has 1 aliphatic heterocycles. The number of rotatable bonds is 2. The Kier molecular flexibility index (Phi) is 3.00. The van der Waals surface area contributed by atoms with Gasteiger partial charge in [0.1, 0.15) is 5.75 Å². The fourth-order valence-electron chi connectivity index (χ4n) is 1.63. The highest BCUT2D eigenvalue weighted by molar-refractivity contribution is 9.10. The maximum Gasteiger partial charge on any atom is 0.192 e. The molecule has 0 aromatic heterocycles. The van der Waals surface area contributed by atoms with Crippen LogP contribution in [0.2, 0.25) is 0 Å². The Balaban J connectivity index is 2.33. The molecule has 1 heterocycles. The van der Waals surface area contributed by atoms with E-state index in [1.54, 1.807) is 7.11 Å². The maximum atomic E-state index is 5.57. The highest BCUT2D eigenvalue weighted by atomic mass is 79.9. The average molecular weight is 273 g/mol. The van der Waals surface area contributed by atoms with Crippen LogP contribution in [-0.2, 0) is 15.3 Å². The second kappa shape index (κ2) is 4.12. The Morgan fingerprint density at radius 2 is 2.00 bits per heavy atom. The quantitative estimate of drug-likeness (QED) is 0.829. The van der Waals surface area contributed by atoms with E-state index in [0.717, 1.165) is 15.8 Å². The minimum absolute atomic E-state index is 0.616. The van der Waals surface area contributed by atoms with E-state index in [2.05, 4.69) is 15.9 Å². The van der Waals surface area contributed by atoms with E-state index >= 15 is 0 Å². The lowest BCUT2D eigenvalue weighted by Gasteiger charge is -2.23. The molecule has 0 amide bonds. The van der Waals surface area contributed by atoms with E-state index in [1.165, 1.54) is 0 Å². The summed E-state index contributed by atoms with van der Waals surface area (Å²) in [6.07, 6.45) is 0. The predicted molar refractivity (Wildman–Crippen MR) is 60.0 cm³/mol. The summed E-state index contributed by atoms with van der Waals surface area (Å²) in [6, 6.07) is 5.81. The molecule has 15 heavy (non-hydrogen) atoms. The molecule has 0 spiro atoms. The molecule has 1 fully saturated rings. The standard InChI is InChI=1S/C11H13BrO3/c1-11(14-5-6-15-11)8-3-4-10(13-2)9(12)7-8/h3-4,7H,5-6H2,1-2H3. The molecule has 4 heteroatoms. The topological polar surface area (TPSA) is 27.7 Å². The molecule has 0 radical (unpaired) electrons. The maximum absolute atomic E-state index is 5.57. The SMILES string of the molecule is COc1ccc(C2(C)OCCO2)cc1Br. The smallest absolute Gasteiger partial charge is 0.192 e. The Labute approximate surface area is 97.5 Å². The summed E-state index contributed by atoms with van der Waals surface area (Å²) >= 11 is 3.44. The minimum atomic E-state index is -0.616. The van der Waals surface area contributed by atoms with Crippen molar-refractivity contribution in [1.82, 2.24) is 0 Å². The molecule has 1 aromatic rings. The van der Waals surface area contributed by atoms with E-state index in [0.29, 0.717) is 13.2 Å². The number of halogens is 1. The van der Waals surface area contributed by atoms with Gasteiger partial charge in [-0.1, -0.05) is 0 Å². The van der Waals surface area contributed by atoms with Crippen molar-refractivity contribution in [2.45, 2.75) is 12.7 Å². The molecular formula is C11H13BrO3. The molecule has 1 aromatic carbocycles. The van der Waals surface area contributed by atoms with E-state index in [9.17, 15) is 0 Å². The van der Waals surface area contributed by atoms with E-state index in [-0.39, 0.29) is 0 Å². The number of methoxy groups -OCH3 is 1. The Bertz CT molecular complexity index is 359. The second-order valence-electron chi connectivity index (χ2n) is 3.49. The summed E-state index contributed by atoms with van der Waals surface area (Å²) in [7, 11) is 1.64. The largest absolute Gasteiger partial charge is 0.496 e. The molecule has 0 aliphatic carbocycles. The van der Waals surface area contributed by atoms with E-state index in [4.69, 9.17) is 14.2 Å². The fraction of sp³-hybridized carbons (Fsp3) is 0.455. The lowest BCUT2D eigenvalue weighted by atomic mass is 10.1. The van der Waals surface area contributed by atoms with Gasteiger partial charge in [0.25, 0.3) is 0 Å². The van der Waals surface area contributed by atoms with Gasteiger partial charge in [-0.25, -0.2) is 0 Å². The number of hydrogen-bond acceptors (Lipinski definition) is 3. The van der Waals surface area contributed by atoms with Crippen molar-refractivity contribution < 1.29 is 14.2 Å². The van der Waals surface area contributed by atoms with Crippen molar-refractivity contribution in [1.29, 1.82) is 0 Å². The van der Waals surface area contributed by atoms with Gasteiger partial charge in [0, 0.05) is 5.56 Å². The first kappa shape index (κ1) is 10.9. The third kappa shape index (κ3) is 2.02. The summed E-state index contributed by atoms with van der Waals surface area (Å²) in [5.41, 5.74) is 0.993. The van der Waals surface area contributed by atoms with Gasteiger partial charge in [-0.3, -0.25) is 0 Å². The molecule has 1 aliphatic rings. The summed E-state index contributed by atoms with van der Waals surface area (Å²) in [5, 5.41) is 0. The highest BCUT2D eigenvalue weighted by Gasteiger charge is 2.33. The van der Waals surface area contributed by atoms with Gasteiger partial charge in [-0.15, -0.1) is 0 Å². The average Bonchev–Trinajstić information content (AvgIpc) is 2.66. The number of hydrogen-bond donors (Lipinski definition) is 0. The predicted octanol–water partition coefficient (Wildman–Crippen LogP) is 2.68. The Hall–Kier alpha value is -0.580. The van der Waals surface area contributed by atoms with Gasteiger partial charge in [-0.2, -0.15) is 0 Å². The van der Waals surface area contributed by atoms with Crippen molar-refractivity contribution in [3.8, 4) is 5.75 Å². The van der Waals surface area contributed by atoms with Crippen molar-refractivity contribution in [2.24, 2.45) is 0 Å². The summed E-state index contributed by atoms with van der Waals surface area (Å²) in [4.78, 5) is 0. The normalized spacial score (nSPS) is 19.1. The molecular weight excluding hydrogens is 260 g/mol. The van der Waals surface area contributed by atoms with Crippen LogP contribution in [0.1, 0.15) is 12.5 Å². The lowest BCUT2D eigenvalue weighted by Crippen LogP contribution is -2.22. The molecule has 0 atom stereocenters. The van der Waals surface area contributed by atoms with Crippen LogP contribution < -0.4 is 4.74 Å². The molecule has 0 saturated carbocycles. The van der Waals surface area contributed by atoms with Crippen LogP contribution in [0, 0.1) is 0 Å². The van der Waals surface area contributed by atoms with Crippen LogP contribution >= 0.6 is 15.9 Å². The summed E-state index contributed by atoms with van der Waals surface area (Å²) in [6.45, 7) is 3.20. The molecule has 0 N–H and O–H groups in total. The van der Waals surface area contributed by atoms with Crippen molar-refractivity contribution in [3.63, 3.8) is 0 Å². The van der Waals surface area contributed by atoms with Crippen LogP contribution in [0.3, 0.4) is 0 Å². The van der Waals surface area contributed by atoms with Gasteiger partial charge in [0.05, 0.1) is 24.8 Å². The first-order valence-electron chi connectivity index (χ1n) is 4.77. The minimum Gasteiger partial charge on any atom is -0.496 e. The molecule has 3 nitrogen and oxygen atoms in total. The van der Waals surface area contributed by atoms with Crippen molar-refractivity contribution >= 4 is 15.9 Å². The van der Waals surface area contributed by atoms with Crippen LogP contribution in [0.15, 0.2) is 22.7 Å². The zero-order chi connectivity index (χ0) is 10.9. The van der Waals surface area contributed by atoms with Gasteiger partial charge in [0.2, 0.25) is 0 Å². The lowest BCUT2D eigenvalue weighted by molar-refractivity contribution is -0.149. The van der Waals surface area contributed by atoms with Crippen molar-refractivity contribution in [2.75, 3.05) is 20.3 Å². The number of benzene rings is 1. The van der Waals surface area contributed by atoms with E-state index < -0.39 is 5.79 Å². The zero-order valence-electron chi connectivity index (χ0n) is 8.75. The van der Waals surface area contributed by atoms with Gasteiger partial charge in [0.15, 0.2) is 5.79 Å². The molecule has 0 bridgehead atoms. The fourth-order valence-corrected chi connectivity index (χ4v) is 2.17. The summed E-state index contributed by atoms with van der Waals surface area (Å²) < 4.78 is 17.2. The van der Waals surface area contributed by atoms with Crippen LogP contribution in [0.5, 0.6) is 5.75 Å². The van der Waals surface area contributed by atoms with Gasteiger partial charge in [-0.05, 0) is 41.1 Å². The van der Waals surface area contributed by atoms with Crippen LogP contribution in [0.4, 0.5) is 0 Å². The molecule has 2 rings (SSSR count). The monoisotopic (exact) mass is 272 g/mol. The molecule has 82 valence electrons. The highest BCUT2D eigenvalue weighted by Crippen LogP contribution is 2.35. The summed E-state index contributed by atoms with van der Waals surface area (Å²) in [5.74, 6) is 0.190. The third-order valence-corrected chi connectivity index (χ3v) is 3.13. The molecule has 0 unspecified atom stereocenters. The second-order valence-corrected chi connectivity index (χ2v) is 4.35.